The van der Waals surface area contributed by atoms with Crippen molar-refractivity contribution in [3.8, 4) is 0 Å². The SMILES string of the molecule is CC(C)N1CCN(c2ccc(C(=O)NCc3ccc(F)cc3)cc2NS(=O)(=O)c2ccc(C(F)(F)F)cc2)CC1. The lowest BCUT2D eigenvalue weighted by molar-refractivity contribution is -0.137. The van der Waals surface area contributed by atoms with E-state index in [1.807, 2.05) is 4.90 Å². The second kappa shape index (κ2) is 11.8. The minimum Gasteiger partial charge on any atom is -0.367 e. The van der Waals surface area contributed by atoms with Crippen molar-refractivity contribution in [2.24, 2.45) is 0 Å². The molecule has 12 heteroatoms. The summed E-state index contributed by atoms with van der Waals surface area (Å²) in [6.07, 6.45) is -4.60. The number of hydrogen-bond donors (Lipinski definition) is 2. The predicted molar refractivity (Wildman–Crippen MR) is 145 cm³/mol. The van der Waals surface area contributed by atoms with E-state index in [0.29, 0.717) is 42.5 Å². The van der Waals surface area contributed by atoms with Crippen molar-refractivity contribution in [2.75, 3.05) is 35.8 Å². The molecule has 3 aromatic carbocycles. The van der Waals surface area contributed by atoms with Crippen LogP contribution < -0.4 is 14.9 Å². The summed E-state index contributed by atoms with van der Waals surface area (Å²) in [6, 6.07) is 13.9. The molecule has 1 heterocycles. The molecule has 1 saturated heterocycles. The molecule has 0 aliphatic carbocycles. The van der Waals surface area contributed by atoms with Crippen LogP contribution in [-0.4, -0.2) is 51.4 Å². The second-order valence-corrected chi connectivity index (χ2v) is 11.5. The second-order valence-electron chi connectivity index (χ2n) is 9.79. The van der Waals surface area contributed by atoms with E-state index in [1.54, 1.807) is 24.3 Å². The first kappa shape index (κ1) is 29.3. The first-order valence-corrected chi connectivity index (χ1v) is 14.2. The minimum atomic E-state index is -4.60. The van der Waals surface area contributed by atoms with Crippen LogP contribution >= 0.6 is 0 Å². The van der Waals surface area contributed by atoms with Gasteiger partial charge in [0.2, 0.25) is 0 Å². The van der Waals surface area contributed by atoms with Crippen molar-refractivity contribution in [3.63, 3.8) is 0 Å². The molecule has 0 saturated carbocycles. The maximum absolute atomic E-state index is 13.2. The Kier molecular flexibility index (Phi) is 8.69. The van der Waals surface area contributed by atoms with Gasteiger partial charge in [-0.3, -0.25) is 14.4 Å². The number of benzene rings is 3. The van der Waals surface area contributed by atoms with Gasteiger partial charge in [-0.05, 0) is 74.0 Å². The van der Waals surface area contributed by atoms with Crippen LogP contribution in [0.4, 0.5) is 28.9 Å². The zero-order valence-electron chi connectivity index (χ0n) is 22.0. The number of nitrogens with zero attached hydrogens (tertiary/aromatic N) is 2. The van der Waals surface area contributed by atoms with Crippen LogP contribution in [0.5, 0.6) is 0 Å². The average Bonchev–Trinajstić information content (AvgIpc) is 2.92. The normalized spacial score (nSPS) is 14.8. The third kappa shape index (κ3) is 7.11. The number of carbonyl (C=O) groups is 1. The van der Waals surface area contributed by atoms with Crippen molar-refractivity contribution in [1.29, 1.82) is 0 Å². The number of piperazine rings is 1. The fourth-order valence-corrected chi connectivity index (χ4v) is 5.49. The maximum Gasteiger partial charge on any atom is 0.416 e. The minimum absolute atomic E-state index is 0.130. The summed E-state index contributed by atoms with van der Waals surface area (Å²) in [5.74, 6) is -0.875. The molecule has 7 nitrogen and oxygen atoms in total. The predicted octanol–water partition coefficient (Wildman–Crippen LogP) is 5.11. The smallest absolute Gasteiger partial charge is 0.367 e. The van der Waals surface area contributed by atoms with Crippen LogP contribution in [-0.2, 0) is 22.7 Å². The maximum atomic E-state index is 13.2. The molecule has 3 aromatic rings. The average molecular weight is 579 g/mol. The van der Waals surface area contributed by atoms with Crippen LogP contribution in [0.3, 0.4) is 0 Å². The van der Waals surface area contributed by atoms with Crippen LogP contribution in [0, 0.1) is 5.82 Å². The van der Waals surface area contributed by atoms with E-state index in [4.69, 9.17) is 0 Å². The Bertz CT molecular complexity index is 1440. The molecule has 0 aromatic heterocycles. The molecule has 0 atom stereocenters. The Morgan fingerprint density at radius 2 is 1.55 bits per heavy atom. The number of hydrogen-bond acceptors (Lipinski definition) is 5. The Morgan fingerprint density at radius 1 is 0.925 bits per heavy atom. The number of amides is 1. The highest BCUT2D eigenvalue weighted by Crippen LogP contribution is 2.33. The van der Waals surface area contributed by atoms with Crippen molar-refractivity contribution in [2.45, 2.75) is 37.5 Å². The number of rotatable bonds is 8. The van der Waals surface area contributed by atoms with E-state index in [2.05, 4.69) is 28.8 Å². The van der Waals surface area contributed by atoms with Gasteiger partial charge in [0.15, 0.2) is 0 Å². The van der Waals surface area contributed by atoms with E-state index in [9.17, 15) is 30.8 Å². The Labute approximate surface area is 230 Å². The highest BCUT2D eigenvalue weighted by molar-refractivity contribution is 7.92. The molecule has 0 radical (unpaired) electrons. The molecular formula is C28H30F4N4O3S. The third-order valence-electron chi connectivity index (χ3n) is 6.75. The van der Waals surface area contributed by atoms with E-state index in [-0.39, 0.29) is 22.7 Å². The molecule has 0 bridgehead atoms. The Hall–Kier alpha value is -3.64. The van der Waals surface area contributed by atoms with Gasteiger partial charge in [0.1, 0.15) is 5.82 Å². The lowest BCUT2D eigenvalue weighted by Gasteiger charge is -2.38. The molecule has 0 unspecified atom stereocenters. The molecule has 0 spiro atoms. The number of carbonyl (C=O) groups excluding carboxylic acids is 1. The quantitative estimate of drug-likeness (QED) is 0.364. The molecular weight excluding hydrogens is 548 g/mol. The summed E-state index contributed by atoms with van der Waals surface area (Å²) in [4.78, 5) is 16.9. The highest BCUT2D eigenvalue weighted by Gasteiger charge is 2.31. The van der Waals surface area contributed by atoms with Crippen molar-refractivity contribution >= 4 is 27.3 Å². The fourth-order valence-electron chi connectivity index (χ4n) is 4.43. The van der Waals surface area contributed by atoms with E-state index < -0.39 is 33.5 Å². The first-order chi connectivity index (χ1) is 18.8. The number of anilines is 2. The summed E-state index contributed by atoms with van der Waals surface area (Å²) in [5.41, 5.74) is 0.575. The zero-order valence-corrected chi connectivity index (χ0v) is 22.8. The Morgan fingerprint density at radius 3 is 2.12 bits per heavy atom. The van der Waals surface area contributed by atoms with Crippen LogP contribution in [0.1, 0.15) is 35.3 Å². The number of halogens is 4. The third-order valence-corrected chi connectivity index (χ3v) is 8.13. The zero-order chi connectivity index (χ0) is 29.1. The standard InChI is InChI=1S/C28H30F4N4O3S/c1-19(2)35-13-15-36(16-14-35)26-12-5-21(27(37)33-18-20-3-8-23(29)9-4-20)17-25(26)34-40(38,39)24-10-6-22(7-11-24)28(30,31)32/h3-12,17,19,34H,13-16,18H2,1-2H3,(H,33,37). The molecule has 1 aliphatic rings. The van der Waals surface area contributed by atoms with Gasteiger partial charge in [0.25, 0.3) is 15.9 Å². The summed E-state index contributed by atoms with van der Waals surface area (Å²) in [5, 5.41) is 2.73. The molecule has 40 heavy (non-hydrogen) atoms. The fraction of sp³-hybridized carbons (Fsp3) is 0.321. The van der Waals surface area contributed by atoms with Crippen molar-refractivity contribution in [3.05, 3.63) is 89.2 Å². The lowest BCUT2D eigenvalue weighted by Crippen LogP contribution is -2.49. The number of alkyl halides is 3. The summed E-state index contributed by atoms with van der Waals surface area (Å²) >= 11 is 0. The highest BCUT2D eigenvalue weighted by atomic mass is 32.2. The van der Waals surface area contributed by atoms with Crippen LogP contribution in [0.2, 0.25) is 0 Å². The summed E-state index contributed by atoms with van der Waals surface area (Å²) in [7, 11) is -4.28. The van der Waals surface area contributed by atoms with Crippen LogP contribution in [0.15, 0.2) is 71.6 Å². The molecule has 214 valence electrons. The summed E-state index contributed by atoms with van der Waals surface area (Å²) < 4.78 is 81.0. The Balaban J connectivity index is 1.61. The topological polar surface area (TPSA) is 81.8 Å². The van der Waals surface area contributed by atoms with Gasteiger partial charge >= 0.3 is 6.18 Å². The van der Waals surface area contributed by atoms with E-state index >= 15 is 0 Å². The molecule has 1 fully saturated rings. The van der Waals surface area contributed by atoms with Gasteiger partial charge in [0.05, 0.1) is 21.8 Å². The van der Waals surface area contributed by atoms with Crippen molar-refractivity contribution in [1.82, 2.24) is 10.2 Å². The lowest BCUT2D eigenvalue weighted by atomic mass is 10.1. The van der Waals surface area contributed by atoms with Gasteiger partial charge in [0, 0.05) is 44.3 Å². The monoisotopic (exact) mass is 578 g/mol. The first-order valence-electron chi connectivity index (χ1n) is 12.7. The molecule has 1 amide bonds. The number of nitrogens with one attached hydrogen (secondary N) is 2. The van der Waals surface area contributed by atoms with Gasteiger partial charge in [-0.15, -0.1) is 0 Å². The van der Waals surface area contributed by atoms with Gasteiger partial charge < -0.3 is 10.2 Å². The van der Waals surface area contributed by atoms with Gasteiger partial charge in [-0.1, -0.05) is 12.1 Å². The molecule has 2 N–H and O–H groups in total. The van der Waals surface area contributed by atoms with E-state index in [0.717, 1.165) is 25.2 Å². The molecule has 1 aliphatic heterocycles. The van der Waals surface area contributed by atoms with E-state index in [1.165, 1.54) is 18.2 Å². The largest absolute Gasteiger partial charge is 0.416 e. The summed E-state index contributed by atoms with van der Waals surface area (Å²) in [6.45, 7) is 7.06. The van der Waals surface area contributed by atoms with Gasteiger partial charge in [-0.2, -0.15) is 13.2 Å². The molecule has 4 rings (SSSR count). The van der Waals surface area contributed by atoms with Gasteiger partial charge in [-0.25, -0.2) is 12.8 Å². The van der Waals surface area contributed by atoms with Crippen molar-refractivity contribution < 1.29 is 30.8 Å². The number of sulfonamides is 1. The van der Waals surface area contributed by atoms with Crippen LogP contribution in [0.25, 0.3) is 0 Å².